The van der Waals surface area contributed by atoms with Gasteiger partial charge in [0.25, 0.3) is 5.56 Å². The van der Waals surface area contributed by atoms with E-state index in [-0.39, 0.29) is 5.56 Å². The second-order valence-electron chi connectivity index (χ2n) is 4.34. The van der Waals surface area contributed by atoms with E-state index in [9.17, 15) is 4.79 Å². The topological polar surface area (TPSA) is 74.7 Å². The lowest BCUT2D eigenvalue weighted by Gasteiger charge is -2.21. The Bertz CT molecular complexity index is 360. The molecule has 0 atom stereocenters. The van der Waals surface area contributed by atoms with Crippen LogP contribution in [0.5, 0.6) is 0 Å². The molecule has 0 spiro atoms. The van der Waals surface area contributed by atoms with Crippen molar-refractivity contribution in [2.45, 2.75) is 44.4 Å². The molecule has 0 amide bonds. The lowest BCUT2D eigenvalue weighted by molar-refractivity contribution is 0.434. The maximum absolute atomic E-state index is 11.5. The summed E-state index contributed by atoms with van der Waals surface area (Å²) in [4.78, 5) is 11.5. The van der Waals surface area contributed by atoms with Gasteiger partial charge in [0.05, 0.1) is 0 Å². The minimum absolute atomic E-state index is 0.0148. The van der Waals surface area contributed by atoms with E-state index in [4.69, 9.17) is 5.73 Å². The molecule has 0 bridgehead atoms. The summed E-state index contributed by atoms with van der Waals surface area (Å²) in [6.07, 6.45) is 6.97. The normalized spacial score (nSPS) is 18.2. The van der Waals surface area contributed by atoms with Crippen molar-refractivity contribution in [2.75, 3.05) is 6.54 Å². The Morgan fingerprint density at radius 1 is 1.20 bits per heavy atom. The summed E-state index contributed by atoms with van der Waals surface area (Å²) in [6, 6.07) is 0. The Labute approximate surface area is 89.2 Å². The van der Waals surface area contributed by atoms with Crippen molar-refractivity contribution in [3.8, 4) is 0 Å². The first-order valence-electron chi connectivity index (χ1n) is 5.82. The quantitative estimate of drug-likeness (QED) is 0.701. The first-order valence-corrected chi connectivity index (χ1v) is 5.82. The van der Waals surface area contributed by atoms with Crippen LogP contribution >= 0.6 is 0 Å². The van der Waals surface area contributed by atoms with Crippen LogP contribution in [-0.4, -0.2) is 16.7 Å². The standard InChI is InChI=1S/C11H19N3O/c12-7-6-9-10(13-14-11(9)15)8-4-2-1-3-5-8/h8H,1-7,12H2,(H2,13,14,15). The lowest BCUT2D eigenvalue weighted by Crippen LogP contribution is -2.15. The fraction of sp³-hybridized carbons (Fsp3) is 0.727. The van der Waals surface area contributed by atoms with Crippen molar-refractivity contribution in [1.29, 1.82) is 0 Å². The van der Waals surface area contributed by atoms with E-state index >= 15 is 0 Å². The molecular weight excluding hydrogens is 190 g/mol. The molecule has 84 valence electrons. The third kappa shape index (κ3) is 2.15. The molecule has 1 saturated carbocycles. The number of nitrogens with two attached hydrogens (primary N) is 1. The SMILES string of the molecule is NCCc1c(C2CCCCC2)[nH][nH]c1=O. The van der Waals surface area contributed by atoms with Crippen molar-refractivity contribution in [3.05, 3.63) is 21.6 Å². The van der Waals surface area contributed by atoms with E-state index in [2.05, 4.69) is 10.2 Å². The molecule has 0 unspecified atom stereocenters. The average molecular weight is 209 g/mol. The zero-order chi connectivity index (χ0) is 10.7. The largest absolute Gasteiger partial charge is 0.330 e. The fourth-order valence-corrected chi connectivity index (χ4v) is 2.53. The molecule has 1 heterocycles. The minimum atomic E-state index is 0.0148. The molecule has 2 rings (SSSR count). The van der Waals surface area contributed by atoms with E-state index in [0.29, 0.717) is 18.9 Å². The molecule has 1 aliphatic rings. The monoisotopic (exact) mass is 209 g/mol. The molecule has 0 saturated heterocycles. The molecule has 4 N–H and O–H groups in total. The summed E-state index contributed by atoms with van der Waals surface area (Å²) in [7, 11) is 0. The van der Waals surface area contributed by atoms with Crippen LogP contribution in [0.15, 0.2) is 4.79 Å². The number of aromatic nitrogens is 2. The van der Waals surface area contributed by atoms with Crippen LogP contribution in [0.1, 0.15) is 49.3 Å². The highest BCUT2D eigenvalue weighted by molar-refractivity contribution is 5.21. The molecule has 1 aliphatic carbocycles. The number of nitrogens with one attached hydrogen (secondary N) is 2. The number of aromatic amines is 2. The van der Waals surface area contributed by atoms with Crippen molar-refractivity contribution in [2.24, 2.45) is 5.73 Å². The maximum atomic E-state index is 11.5. The summed E-state index contributed by atoms with van der Waals surface area (Å²) >= 11 is 0. The summed E-state index contributed by atoms with van der Waals surface area (Å²) in [5.41, 5.74) is 7.53. The Morgan fingerprint density at radius 2 is 1.93 bits per heavy atom. The van der Waals surface area contributed by atoms with Gasteiger partial charge in [-0.25, -0.2) is 0 Å². The highest BCUT2D eigenvalue weighted by Gasteiger charge is 2.21. The molecule has 1 aromatic heterocycles. The van der Waals surface area contributed by atoms with Crippen LogP contribution in [0.2, 0.25) is 0 Å². The van der Waals surface area contributed by atoms with Gasteiger partial charge in [-0.15, -0.1) is 0 Å². The Morgan fingerprint density at radius 3 is 2.60 bits per heavy atom. The van der Waals surface area contributed by atoms with Gasteiger partial charge >= 0.3 is 0 Å². The lowest BCUT2D eigenvalue weighted by atomic mass is 9.85. The Kier molecular flexibility index (Phi) is 3.26. The number of rotatable bonds is 3. The van der Waals surface area contributed by atoms with Crippen LogP contribution in [0.4, 0.5) is 0 Å². The molecule has 1 fully saturated rings. The molecule has 4 heteroatoms. The zero-order valence-corrected chi connectivity index (χ0v) is 9.01. The van der Waals surface area contributed by atoms with E-state index in [1.165, 1.54) is 32.1 Å². The molecular formula is C11H19N3O. The van der Waals surface area contributed by atoms with Gasteiger partial charge in [0, 0.05) is 17.2 Å². The highest BCUT2D eigenvalue weighted by Crippen LogP contribution is 2.32. The molecule has 1 aromatic rings. The first kappa shape index (κ1) is 10.5. The van der Waals surface area contributed by atoms with Crippen molar-refractivity contribution in [3.63, 3.8) is 0 Å². The predicted molar refractivity (Wildman–Crippen MR) is 60.0 cm³/mol. The number of H-pyrrole nitrogens is 2. The van der Waals surface area contributed by atoms with Crippen LogP contribution < -0.4 is 11.3 Å². The summed E-state index contributed by atoms with van der Waals surface area (Å²) in [5, 5.41) is 5.72. The van der Waals surface area contributed by atoms with Crippen LogP contribution in [-0.2, 0) is 6.42 Å². The predicted octanol–water partition coefficient (Wildman–Crippen LogP) is 1.25. The second-order valence-corrected chi connectivity index (χ2v) is 4.34. The van der Waals surface area contributed by atoms with Gasteiger partial charge in [-0.2, -0.15) is 0 Å². The molecule has 0 aromatic carbocycles. The van der Waals surface area contributed by atoms with Crippen LogP contribution in [0.3, 0.4) is 0 Å². The Balaban J connectivity index is 2.22. The van der Waals surface area contributed by atoms with Gasteiger partial charge in [-0.3, -0.25) is 9.89 Å². The fourth-order valence-electron chi connectivity index (χ4n) is 2.53. The van der Waals surface area contributed by atoms with Crippen molar-refractivity contribution in [1.82, 2.24) is 10.2 Å². The molecule has 4 nitrogen and oxygen atoms in total. The third-order valence-corrected chi connectivity index (χ3v) is 3.32. The van der Waals surface area contributed by atoms with Gasteiger partial charge in [0.1, 0.15) is 0 Å². The molecule has 0 aliphatic heterocycles. The second kappa shape index (κ2) is 4.66. The summed E-state index contributed by atoms with van der Waals surface area (Å²) in [6.45, 7) is 0.542. The molecule has 0 radical (unpaired) electrons. The smallest absolute Gasteiger partial charge is 0.267 e. The van der Waals surface area contributed by atoms with Gasteiger partial charge < -0.3 is 10.8 Å². The van der Waals surface area contributed by atoms with Crippen LogP contribution in [0, 0.1) is 0 Å². The van der Waals surface area contributed by atoms with Crippen molar-refractivity contribution >= 4 is 0 Å². The van der Waals surface area contributed by atoms with E-state index in [1.807, 2.05) is 0 Å². The van der Waals surface area contributed by atoms with Gasteiger partial charge in [-0.1, -0.05) is 19.3 Å². The number of hydrogen-bond donors (Lipinski definition) is 3. The van der Waals surface area contributed by atoms with Gasteiger partial charge in [0.15, 0.2) is 0 Å². The van der Waals surface area contributed by atoms with E-state index in [0.717, 1.165) is 11.3 Å². The summed E-state index contributed by atoms with van der Waals surface area (Å²) < 4.78 is 0. The van der Waals surface area contributed by atoms with Crippen LogP contribution in [0.25, 0.3) is 0 Å². The number of hydrogen-bond acceptors (Lipinski definition) is 2. The first-order chi connectivity index (χ1) is 7.33. The van der Waals surface area contributed by atoms with Crippen molar-refractivity contribution < 1.29 is 0 Å². The zero-order valence-electron chi connectivity index (χ0n) is 9.01. The minimum Gasteiger partial charge on any atom is -0.330 e. The third-order valence-electron chi connectivity index (χ3n) is 3.32. The maximum Gasteiger partial charge on any atom is 0.267 e. The van der Waals surface area contributed by atoms with Gasteiger partial charge in [0.2, 0.25) is 0 Å². The molecule has 15 heavy (non-hydrogen) atoms. The summed E-state index contributed by atoms with van der Waals surface area (Å²) in [5.74, 6) is 0.541. The highest BCUT2D eigenvalue weighted by atomic mass is 16.1. The van der Waals surface area contributed by atoms with E-state index < -0.39 is 0 Å². The van der Waals surface area contributed by atoms with E-state index in [1.54, 1.807) is 0 Å². The van der Waals surface area contributed by atoms with Gasteiger partial charge in [-0.05, 0) is 25.8 Å². The Hall–Kier alpha value is -1.03. The average Bonchev–Trinajstić information content (AvgIpc) is 2.63.